The third kappa shape index (κ3) is 5.08. The van der Waals surface area contributed by atoms with Gasteiger partial charge in [0, 0.05) is 37.4 Å². The largest absolute Gasteiger partial charge is 0.369 e. The highest BCUT2D eigenvalue weighted by atomic mass is 35.6. The second kappa shape index (κ2) is 8.70. The Morgan fingerprint density at radius 3 is 2.15 bits per heavy atom. The Labute approximate surface area is 175 Å². The molecule has 0 aromatic heterocycles. The number of carbonyl (C=O) groups excluding carboxylic acids is 1. The summed E-state index contributed by atoms with van der Waals surface area (Å²) in [7, 11) is 0. The van der Waals surface area contributed by atoms with Crippen molar-refractivity contribution in [3.05, 3.63) is 65.7 Å². The van der Waals surface area contributed by atoms with Gasteiger partial charge in [0.2, 0.25) is 3.79 Å². The number of rotatable bonds is 4. The predicted molar refractivity (Wildman–Crippen MR) is 113 cm³/mol. The van der Waals surface area contributed by atoms with Gasteiger partial charge >= 0.3 is 0 Å². The minimum Gasteiger partial charge on any atom is -0.369 e. The quantitative estimate of drug-likeness (QED) is 0.743. The second-order valence-electron chi connectivity index (χ2n) is 6.59. The molecule has 2 aromatic rings. The van der Waals surface area contributed by atoms with Crippen LogP contribution in [0.1, 0.15) is 15.9 Å². The van der Waals surface area contributed by atoms with Gasteiger partial charge in [-0.1, -0.05) is 71.2 Å². The van der Waals surface area contributed by atoms with Crippen LogP contribution in [0.25, 0.3) is 0 Å². The number of aryl methyl sites for hydroxylation is 1. The number of carbonyl (C=O) groups is 1. The van der Waals surface area contributed by atoms with E-state index < -0.39 is 9.96 Å². The van der Waals surface area contributed by atoms with Crippen molar-refractivity contribution in [2.45, 2.75) is 16.9 Å². The summed E-state index contributed by atoms with van der Waals surface area (Å²) >= 11 is 18.7. The molecule has 0 spiro atoms. The monoisotopic (exact) mass is 425 g/mol. The summed E-state index contributed by atoms with van der Waals surface area (Å²) in [6.07, 6.45) is -0.701. The number of halogens is 3. The van der Waals surface area contributed by atoms with Crippen molar-refractivity contribution >= 4 is 46.4 Å². The lowest BCUT2D eigenvalue weighted by Gasteiger charge is -2.42. The van der Waals surface area contributed by atoms with E-state index in [-0.39, 0.29) is 5.91 Å². The van der Waals surface area contributed by atoms with Crippen LogP contribution in [-0.2, 0) is 0 Å². The molecular weight excluding hydrogens is 405 g/mol. The van der Waals surface area contributed by atoms with E-state index in [0.29, 0.717) is 18.7 Å². The molecule has 1 N–H and O–H groups in total. The number of hydrogen-bond acceptors (Lipinski definition) is 3. The van der Waals surface area contributed by atoms with Crippen LogP contribution in [0.5, 0.6) is 0 Å². The lowest BCUT2D eigenvalue weighted by atomic mass is 10.1. The molecule has 1 saturated heterocycles. The molecule has 1 aliphatic heterocycles. The second-order valence-corrected chi connectivity index (χ2v) is 8.96. The van der Waals surface area contributed by atoms with E-state index >= 15 is 0 Å². The van der Waals surface area contributed by atoms with Gasteiger partial charge in [-0.3, -0.25) is 9.69 Å². The molecule has 1 aliphatic rings. The third-order valence-electron chi connectivity index (χ3n) is 4.77. The smallest absolute Gasteiger partial charge is 0.252 e. The molecule has 1 unspecified atom stereocenters. The zero-order valence-electron chi connectivity index (χ0n) is 15.0. The number of nitrogens with one attached hydrogen (secondary N) is 1. The Morgan fingerprint density at radius 2 is 1.56 bits per heavy atom. The maximum atomic E-state index is 12.7. The highest BCUT2D eigenvalue weighted by Crippen LogP contribution is 2.33. The van der Waals surface area contributed by atoms with E-state index in [9.17, 15) is 4.79 Å². The van der Waals surface area contributed by atoms with Crippen LogP contribution in [0.4, 0.5) is 5.69 Å². The molecule has 7 heteroatoms. The predicted octanol–water partition coefficient (Wildman–Crippen LogP) is 4.24. The van der Waals surface area contributed by atoms with Gasteiger partial charge in [0.1, 0.15) is 6.17 Å². The van der Waals surface area contributed by atoms with E-state index in [1.807, 2.05) is 48.2 Å². The molecule has 1 atom stereocenters. The summed E-state index contributed by atoms with van der Waals surface area (Å²) in [4.78, 5) is 17.0. The highest BCUT2D eigenvalue weighted by Gasteiger charge is 2.39. The van der Waals surface area contributed by atoms with E-state index in [1.54, 1.807) is 6.07 Å². The van der Waals surface area contributed by atoms with Gasteiger partial charge < -0.3 is 10.2 Å². The van der Waals surface area contributed by atoms with Crippen molar-refractivity contribution in [3.63, 3.8) is 0 Å². The molecule has 0 radical (unpaired) electrons. The summed E-state index contributed by atoms with van der Waals surface area (Å²) in [6.45, 7) is 4.84. The SMILES string of the molecule is Cc1ccccc1C(=O)NC(N1CCN(c2ccccc2)CC1)C(Cl)(Cl)Cl. The van der Waals surface area contributed by atoms with Crippen LogP contribution in [-0.4, -0.2) is 46.9 Å². The Morgan fingerprint density at radius 1 is 0.963 bits per heavy atom. The Hall–Kier alpha value is -1.46. The number of anilines is 1. The van der Waals surface area contributed by atoms with Crippen LogP contribution in [0.2, 0.25) is 0 Å². The number of hydrogen-bond donors (Lipinski definition) is 1. The molecule has 1 fully saturated rings. The summed E-state index contributed by atoms with van der Waals surface area (Å²) < 4.78 is -1.63. The van der Waals surface area contributed by atoms with Crippen LogP contribution in [0, 0.1) is 6.92 Å². The number of nitrogens with zero attached hydrogens (tertiary/aromatic N) is 2. The molecule has 4 nitrogen and oxygen atoms in total. The maximum absolute atomic E-state index is 12.7. The van der Waals surface area contributed by atoms with Gasteiger partial charge in [-0.05, 0) is 30.7 Å². The van der Waals surface area contributed by atoms with Crippen LogP contribution in [0.3, 0.4) is 0 Å². The summed E-state index contributed by atoms with van der Waals surface area (Å²) in [5.41, 5.74) is 2.64. The summed E-state index contributed by atoms with van der Waals surface area (Å²) in [5, 5.41) is 2.91. The molecule has 0 bridgehead atoms. The van der Waals surface area contributed by atoms with Crippen molar-refractivity contribution in [1.29, 1.82) is 0 Å². The first-order chi connectivity index (χ1) is 12.9. The number of benzene rings is 2. The number of alkyl halides is 3. The van der Waals surface area contributed by atoms with Crippen molar-refractivity contribution in [3.8, 4) is 0 Å². The van der Waals surface area contributed by atoms with Crippen molar-refractivity contribution in [2.24, 2.45) is 0 Å². The fourth-order valence-electron chi connectivity index (χ4n) is 3.29. The third-order valence-corrected chi connectivity index (χ3v) is 5.39. The highest BCUT2D eigenvalue weighted by molar-refractivity contribution is 6.68. The molecule has 3 rings (SSSR count). The van der Waals surface area contributed by atoms with Gasteiger partial charge in [-0.2, -0.15) is 0 Å². The first kappa shape index (κ1) is 20.3. The molecule has 144 valence electrons. The number of para-hydroxylation sites is 1. The minimum atomic E-state index is -1.63. The normalized spacial score (nSPS) is 16.8. The number of piperazine rings is 1. The van der Waals surface area contributed by atoms with Crippen molar-refractivity contribution in [1.82, 2.24) is 10.2 Å². The summed E-state index contributed by atoms with van der Waals surface area (Å²) in [6, 6.07) is 17.6. The first-order valence-electron chi connectivity index (χ1n) is 8.83. The fraction of sp³-hybridized carbons (Fsp3) is 0.350. The van der Waals surface area contributed by atoms with Gasteiger partial charge in [0.15, 0.2) is 0 Å². The molecule has 27 heavy (non-hydrogen) atoms. The molecule has 2 aromatic carbocycles. The topological polar surface area (TPSA) is 35.6 Å². The van der Waals surface area contributed by atoms with Gasteiger partial charge in [0.25, 0.3) is 5.91 Å². The molecular formula is C20H22Cl3N3O. The van der Waals surface area contributed by atoms with Crippen molar-refractivity contribution < 1.29 is 4.79 Å². The van der Waals surface area contributed by atoms with Crippen LogP contribution >= 0.6 is 34.8 Å². The maximum Gasteiger partial charge on any atom is 0.252 e. The van der Waals surface area contributed by atoms with Crippen LogP contribution < -0.4 is 10.2 Å². The van der Waals surface area contributed by atoms with Gasteiger partial charge in [-0.25, -0.2) is 0 Å². The van der Waals surface area contributed by atoms with E-state index in [1.165, 1.54) is 5.69 Å². The zero-order chi connectivity index (χ0) is 19.4. The van der Waals surface area contributed by atoms with E-state index in [4.69, 9.17) is 34.8 Å². The first-order valence-corrected chi connectivity index (χ1v) is 9.97. The minimum absolute atomic E-state index is 0.241. The Balaban J connectivity index is 1.69. The fourth-order valence-corrected chi connectivity index (χ4v) is 3.86. The molecule has 1 heterocycles. The average Bonchev–Trinajstić information content (AvgIpc) is 2.66. The molecule has 0 aliphatic carbocycles. The number of amides is 1. The van der Waals surface area contributed by atoms with Crippen molar-refractivity contribution in [2.75, 3.05) is 31.1 Å². The van der Waals surface area contributed by atoms with Gasteiger partial charge in [0.05, 0.1) is 0 Å². The lowest BCUT2D eigenvalue weighted by Crippen LogP contribution is -2.60. The standard InChI is InChI=1S/C20H22Cl3N3O/c1-15-7-5-6-10-17(15)18(27)24-19(20(21,22)23)26-13-11-25(12-14-26)16-8-3-2-4-9-16/h2-10,19H,11-14H2,1H3,(H,24,27). The summed E-state index contributed by atoms with van der Waals surface area (Å²) in [5.74, 6) is -0.241. The van der Waals surface area contributed by atoms with Crippen LogP contribution in [0.15, 0.2) is 54.6 Å². The Kier molecular flexibility index (Phi) is 6.53. The van der Waals surface area contributed by atoms with E-state index in [2.05, 4.69) is 22.3 Å². The average molecular weight is 427 g/mol. The lowest BCUT2D eigenvalue weighted by molar-refractivity contribution is 0.0840. The molecule has 0 saturated carbocycles. The molecule has 1 amide bonds. The van der Waals surface area contributed by atoms with E-state index in [0.717, 1.165) is 18.7 Å². The van der Waals surface area contributed by atoms with Gasteiger partial charge in [-0.15, -0.1) is 0 Å². The Bertz CT molecular complexity index is 772. The zero-order valence-corrected chi connectivity index (χ0v) is 17.3.